The fraction of sp³-hybridized carbons (Fsp3) is 0.200. The molecule has 1 nitrogen and oxygen atoms in total. The third-order valence-corrected chi connectivity index (χ3v) is 0.237. The lowest BCUT2D eigenvalue weighted by atomic mass is 10.0. The Morgan fingerprint density at radius 3 is 2.17 bits per heavy atom. The first-order chi connectivity index (χ1) is 2.56. The van der Waals surface area contributed by atoms with Crippen LogP contribution in [0.25, 0.3) is 0 Å². The predicted octanol–water partition coefficient (Wildman–Crippen LogP) is 0.999. The number of hydrogen-bond acceptors (Lipinski definition) is 1. The van der Waals surface area contributed by atoms with Crippen molar-refractivity contribution >= 4 is 0 Å². The van der Waals surface area contributed by atoms with Gasteiger partial charge in [0.25, 0.3) is 0 Å². The van der Waals surface area contributed by atoms with Crippen LogP contribution in [0.15, 0.2) is 0 Å². The number of nitrogens with zero attached hydrogens (tertiary/aromatic N) is 1. The highest BCUT2D eigenvalue weighted by Gasteiger charge is 2.04. The molecule has 0 aromatic rings. The second-order valence-electron chi connectivity index (χ2n) is 1.39. The molecule has 0 heterocycles. The van der Waals surface area contributed by atoms with Crippen molar-refractivity contribution in [2.45, 2.75) is 0 Å². The van der Waals surface area contributed by atoms with Crippen molar-refractivity contribution in [3.8, 4) is 6.07 Å². The van der Waals surface area contributed by atoms with Gasteiger partial charge in [0.2, 0.25) is 0 Å². The van der Waals surface area contributed by atoms with Crippen molar-refractivity contribution in [3.63, 3.8) is 0 Å². The molecule has 0 fully saturated rings. The molecule has 0 aromatic carbocycles. The summed E-state index contributed by atoms with van der Waals surface area (Å²) in [6.07, 6.45) is 0. The molecule has 0 aliphatic rings. The summed E-state index contributed by atoms with van der Waals surface area (Å²) in [5.41, 5.74) is -0.903. The molecule has 0 bridgehead atoms. The number of nitriles is 1. The van der Waals surface area contributed by atoms with Crippen LogP contribution in [0.1, 0.15) is 0 Å². The van der Waals surface area contributed by atoms with Crippen molar-refractivity contribution in [3.05, 3.63) is 20.8 Å². The molecule has 1 radical (unpaired) electrons. The first kappa shape index (κ1) is 5.36. The van der Waals surface area contributed by atoms with Crippen LogP contribution in [0.2, 0.25) is 0 Å². The molecule has 0 saturated carbocycles. The van der Waals surface area contributed by atoms with Gasteiger partial charge in [-0.1, -0.05) is 0 Å². The highest BCUT2D eigenvalue weighted by molar-refractivity contribution is 5.05. The largest absolute Gasteiger partial charge is 0.278 e. The molecule has 0 unspecified atom stereocenters. The highest BCUT2D eigenvalue weighted by atomic mass is 14.3. The van der Waals surface area contributed by atoms with E-state index in [4.69, 9.17) is 5.26 Å². The summed E-state index contributed by atoms with van der Waals surface area (Å²) in [5, 5.41) is 7.97. The quantitative estimate of drug-likeness (QED) is 0.398. The van der Waals surface area contributed by atoms with Gasteiger partial charge in [-0.05, 0) is 6.92 Å². The molecule has 0 amide bonds. The molecule has 0 spiro atoms. The van der Waals surface area contributed by atoms with Gasteiger partial charge in [0.1, 0.15) is 0 Å². The zero-order chi connectivity index (χ0) is 5.21. The molecule has 0 atom stereocenters. The minimum Gasteiger partial charge on any atom is -0.278 e. The van der Waals surface area contributed by atoms with E-state index >= 15 is 0 Å². The summed E-state index contributed by atoms with van der Waals surface area (Å²) in [6, 6.07) is 1.77. The number of hydrogen-bond donors (Lipinski definition) is 0. The first-order valence-electron chi connectivity index (χ1n) is 1.53. The van der Waals surface area contributed by atoms with Crippen LogP contribution >= 0.6 is 0 Å². The van der Waals surface area contributed by atoms with E-state index < -0.39 is 5.41 Å². The third kappa shape index (κ3) is 3.36. The first-order valence-corrected chi connectivity index (χ1v) is 1.53. The van der Waals surface area contributed by atoms with Gasteiger partial charge in [-0.15, -0.1) is 0 Å². The van der Waals surface area contributed by atoms with Crippen molar-refractivity contribution in [1.82, 2.24) is 0 Å². The molecule has 0 N–H and O–H groups in total. The molecule has 0 aromatic heterocycles. The highest BCUT2D eigenvalue weighted by Crippen LogP contribution is 2.05. The molecular formula is C5H6N. The molecule has 31 valence electrons. The maximum Gasteiger partial charge on any atom is 0.0833 e. The van der Waals surface area contributed by atoms with Crippen LogP contribution in [0.5, 0.6) is 0 Å². The van der Waals surface area contributed by atoms with Gasteiger partial charge < -0.3 is 0 Å². The van der Waals surface area contributed by atoms with Crippen LogP contribution < -0.4 is 0 Å². The topological polar surface area (TPSA) is 23.8 Å². The second kappa shape index (κ2) is 1.22. The van der Waals surface area contributed by atoms with Crippen LogP contribution in [0.4, 0.5) is 0 Å². The molecule has 0 rings (SSSR count). The Morgan fingerprint density at radius 1 is 2.00 bits per heavy atom. The number of rotatable bonds is 0. The van der Waals surface area contributed by atoms with Gasteiger partial charge in [-0.3, -0.25) is 6.92 Å². The average molecular weight is 80.1 g/mol. The Hall–Kier alpha value is -0.640. The van der Waals surface area contributed by atoms with Gasteiger partial charge in [-0.25, -0.2) is 0 Å². The zero-order valence-corrected chi connectivity index (χ0v) is 3.57. The van der Waals surface area contributed by atoms with E-state index in [1.165, 1.54) is 0 Å². The Labute approximate surface area is 38.6 Å². The average Bonchev–Trinajstić information content (AvgIpc) is 1.35. The van der Waals surface area contributed by atoms with E-state index in [1.807, 2.05) is 0 Å². The summed E-state index contributed by atoms with van der Waals surface area (Å²) in [6.45, 7) is 9.92. The van der Waals surface area contributed by atoms with E-state index in [2.05, 4.69) is 20.8 Å². The molecule has 6 heavy (non-hydrogen) atoms. The summed E-state index contributed by atoms with van der Waals surface area (Å²) in [7, 11) is 0. The Balaban J connectivity index is 3.55. The Morgan fingerprint density at radius 2 is 2.17 bits per heavy atom. The van der Waals surface area contributed by atoms with E-state index in [9.17, 15) is 0 Å². The zero-order valence-electron chi connectivity index (χ0n) is 3.57. The maximum absolute atomic E-state index is 7.97. The Bertz CT molecular complexity index is 70.9. The van der Waals surface area contributed by atoms with E-state index in [-0.39, 0.29) is 0 Å². The summed E-state index contributed by atoms with van der Waals surface area (Å²) in [5.74, 6) is 0. The fourth-order valence-corrected chi connectivity index (χ4v) is 0. The lowest BCUT2D eigenvalue weighted by Crippen LogP contribution is -1.99. The fourth-order valence-electron chi connectivity index (χ4n) is 0. The monoisotopic (exact) mass is 80.1 g/mol. The predicted molar refractivity (Wildman–Crippen MR) is 24.1 cm³/mol. The van der Waals surface area contributed by atoms with E-state index in [1.54, 1.807) is 6.07 Å². The van der Waals surface area contributed by atoms with Gasteiger partial charge in [-0.2, -0.15) is 5.26 Å². The SMILES string of the molecule is [CH2]C([CH2+])([CH2-])C#N. The smallest absolute Gasteiger partial charge is 0.0833 e. The van der Waals surface area contributed by atoms with Crippen molar-refractivity contribution < 1.29 is 0 Å². The van der Waals surface area contributed by atoms with Crippen molar-refractivity contribution in [2.75, 3.05) is 0 Å². The van der Waals surface area contributed by atoms with Gasteiger partial charge in [0, 0.05) is 0 Å². The maximum atomic E-state index is 7.97. The van der Waals surface area contributed by atoms with Crippen LogP contribution in [0.3, 0.4) is 0 Å². The van der Waals surface area contributed by atoms with Gasteiger partial charge >= 0.3 is 0 Å². The molecule has 0 aliphatic carbocycles. The summed E-state index contributed by atoms with van der Waals surface area (Å²) in [4.78, 5) is 0. The van der Waals surface area contributed by atoms with Crippen LogP contribution in [0, 0.1) is 37.5 Å². The standard InChI is InChI=1S/C5H6N/c1-5(2,3)4-6/h1-3H2. The second-order valence-corrected chi connectivity index (χ2v) is 1.39. The minimum atomic E-state index is -0.903. The molecule has 1 heteroatoms. The lowest BCUT2D eigenvalue weighted by molar-refractivity contribution is 0.824. The lowest BCUT2D eigenvalue weighted by Gasteiger charge is -2.01. The molecule has 0 saturated heterocycles. The van der Waals surface area contributed by atoms with Crippen LogP contribution in [-0.4, -0.2) is 0 Å². The van der Waals surface area contributed by atoms with Crippen molar-refractivity contribution in [1.29, 1.82) is 5.26 Å². The van der Waals surface area contributed by atoms with E-state index in [0.717, 1.165) is 0 Å². The van der Waals surface area contributed by atoms with Gasteiger partial charge in [0.05, 0.1) is 18.4 Å². The summed E-state index contributed by atoms with van der Waals surface area (Å²) >= 11 is 0. The third-order valence-electron chi connectivity index (χ3n) is 0.237. The minimum absolute atomic E-state index is 0.903. The summed E-state index contributed by atoms with van der Waals surface area (Å²) < 4.78 is 0. The van der Waals surface area contributed by atoms with Crippen LogP contribution in [-0.2, 0) is 0 Å². The van der Waals surface area contributed by atoms with Crippen molar-refractivity contribution in [2.24, 2.45) is 5.41 Å². The van der Waals surface area contributed by atoms with E-state index in [0.29, 0.717) is 0 Å². The molecular weight excluding hydrogens is 74.1 g/mol. The normalized spacial score (nSPS) is 18.2. The van der Waals surface area contributed by atoms with Gasteiger partial charge in [0.15, 0.2) is 0 Å². The Kier molecular flexibility index (Phi) is 1.09. The molecule has 0 aliphatic heterocycles.